The van der Waals surface area contributed by atoms with Crippen molar-refractivity contribution >= 4 is 29.4 Å². The number of aromatic nitrogens is 1. The number of β-lactam (4-membered cyclic amide) rings is 1. The molecule has 2 heterocycles. The summed E-state index contributed by atoms with van der Waals surface area (Å²) in [7, 11) is 0. The predicted octanol–water partition coefficient (Wildman–Crippen LogP) is 4.55. The van der Waals surface area contributed by atoms with E-state index in [1.807, 2.05) is 37.3 Å². The molecule has 2 aromatic rings. The Hall–Kier alpha value is -3.42. The molecule has 4 amide bonds. The quantitative estimate of drug-likeness (QED) is 0.486. The summed E-state index contributed by atoms with van der Waals surface area (Å²) < 4.78 is 0. The molecular formula is C29H39N5O3. The number of likely N-dealkylation sites (tertiary alicyclic amines) is 1. The lowest BCUT2D eigenvalue weighted by atomic mass is 9.81. The fourth-order valence-electron chi connectivity index (χ4n) is 5.87. The Bertz CT molecular complexity index is 1090. The zero-order valence-corrected chi connectivity index (χ0v) is 21.9. The topological polar surface area (TPSA) is 109 Å². The number of rotatable bonds is 9. The Morgan fingerprint density at radius 3 is 2.51 bits per heavy atom. The van der Waals surface area contributed by atoms with Crippen LogP contribution in [0.5, 0.6) is 0 Å². The van der Waals surface area contributed by atoms with Crippen molar-refractivity contribution in [3.05, 3.63) is 54.2 Å². The molecule has 1 saturated heterocycles. The lowest BCUT2D eigenvalue weighted by Crippen LogP contribution is -2.71. The maximum absolute atomic E-state index is 13.9. The largest absolute Gasteiger partial charge is 0.384 e. The molecular weight excluding hydrogens is 466 g/mol. The number of carbonyl (C=O) groups excluding carboxylic acids is 3. The van der Waals surface area contributed by atoms with Crippen molar-refractivity contribution in [3.63, 3.8) is 0 Å². The van der Waals surface area contributed by atoms with Crippen LogP contribution in [-0.4, -0.2) is 46.4 Å². The van der Waals surface area contributed by atoms with Crippen molar-refractivity contribution in [2.24, 2.45) is 11.8 Å². The highest BCUT2D eigenvalue weighted by atomic mass is 16.2. The van der Waals surface area contributed by atoms with Gasteiger partial charge in [-0.1, -0.05) is 50.8 Å². The van der Waals surface area contributed by atoms with Gasteiger partial charge in [-0.3, -0.25) is 14.5 Å². The molecule has 8 heteroatoms. The van der Waals surface area contributed by atoms with Gasteiger partial charge in [0, 0.05) is 24.5 Å². The third-order valence-electron chi connectivity index (χ3n) is 7.76. The first-order valence-corrected chi connectivity index (χ1v) is 13.6. The molecule has 0 radical (unpaired) electrons. The number of anilines is 2. The van der Waals surface area contributed by atoms with Crippen molar-refractivity contribution in [3.8, 4) is 0 Å². The van der Waals surface area contributed by atoms with Gasteiger partial charge >= 0.3 is 6.03 Å². The van der Waals surface area contributed by atoms with Crippen LogP contribution in [-0.2, 0) is 16.0 Å². The van der Waals surface area contributed by atoms with E-state index >= 15 is 0 Å². The van der Waals surface area contributed by atoms with Crippen LogP contribution in [0, 0.1) is 11.8 Å². The lowest BCUT2D eigenvalue weighted by Gasteiger charge is -2.46. The van der Waals surface area contributed by atoms with Crippen LogP contribution in [0.3, 0.4) is 0 Å². The Kier molecular flexibility index (Phi) is 8.79. The van der Waals surface area contributed by atoms with Crippen molar-refractivity contribution < 1.29 is 14.4 Å². The second-order valence-electron chi connectivity index (χ2n) is 10.2. The number of hydrogen-bond acceptors (Lipinski definition) is 5. The van der Waals surface area contributed by atoms with E-state index in [1.54, 1.807) is 23.2 Å². The Balaban J connectivity index is 1.59. The summed E-state index contributed by atoms with van der Waals surface area (Å²) in [5.41, 5.74) is 7.41. The molecule has 2 fully saturated rings. The molecule has 0 spiro atoms. The SMILES string of the molecule is CCC[C@@H](NC(=O)N1C(=O)[C@H](Cc2ccnc(N)c2)[C@H]1C(=O)N(CC)c1ccccc1)C1CCCCC1. The second kappa shape index (κ2) is 12.2. The van der Waals surface area contributed by atoms with E-state index in [9.17, 15) is 14.4 Å². The van der Waals surface area contributed by atoms with Gasteiger partial charge < -0.3 is 16.0 Å². The standard InChI is InChI=1S/C29H39N5O3/c1-3-11-24(21-12-7-5-8-13-21)32-29(37)34-26(28(36)33(4-2)22-14-9-6-10-15-22)23(27(34)35)18-20-16-17-31-25(30)19-20/h6,9-10,14-17,19,21,23-24,26H,3-5,7-8,11-13,18H2,1-2H3,(H2,30,31)(H,32,37)/t23-,24-,26+/m1/s1. The van der Waals surface area contributed by atoms with Crippen molar-refractivity contribution in [2.75, 3.05) is 17.2 Å². The monoisotopic (exact) mass is 505 g/mol. The number of benzene rings is 1. The van der Waals surface area contributed by atoms with Gasteiger partial charge in [-0.05, 0) is 68.4 Å². The molecule has 0 bridgehead atoms. The van der Waals surface area contributed by atoms with Crippen LogP contribution in [0.2, 0.25) is 0 Å². The minimum Gasteiger partial charge on any atom is -0.384 e. The highest BCUT2D eigenvalue weighted by molar-refractivity contribution is 6.12. The average Bonchev–Trinajstić information content (AvgIpc) is 2.91. The number of nitrogens with two attached hydrogens (primary N) is 1. The predicted molar refractivity (Wildman–Crippen MR) is 145 cm³/mol. The molecule has 2 aliphatic rings. The third kappa shape index (κ3) is 5.95. The summed E-state index contributed by atoms with van der Waals surface area (Å²) in [6.45, 7) is 4.44. The molecule has 37 heavy (non-hydrogen) atoms. The van der Waals surface area contributed by atoms with E-state index in [4.69, 9.17) is 5.73 Å². The minimum absolute atomic E-state index is 0.0109. The summed E-state index contributed by atoms with van der Waals surface area (Å²) in [6.07, 6.45) is 9.47. The maximum Gasteiger partial charge on any atom is 0.325 e. The second-order valence-corrected chi connectivity index (χ2v) is 10.2. The number of nitrogens with zero attached hydrogens (tertiary/aromatic N) is 3. The molecule has 1 aliphatic heterocycles. The number of pyridine rings is 1. The lowest BCUT2D eigenvalue weighted by molar-refractivity contribution is -0.156. The smallest absolute Gasteiger partial charge is 0.325 e. The molecule has 3 atom stereocenters. The van der Waals surface area contributed by atoms with Gasteiger partial charge in [0.15, 0.2) is 0 Å². The highest BCUT2D eigenvalue weighted by Gasteiger charge is 2.55. The van der Waals surface area contributed by atoms with Crippen molar-refractivity contribution in [1.82, 2.24) is 15.2 Å². The number of nitrogens with one attached hydrogen (secondary N) is 1. The first-order valence-electron chi connectivity index (χ1n) is 13.6. The Morgan fingerprint density at radius 1 is 1.14 bits per heavy atom. The van der Waals surface area contributed by atoms with Gasteiger partial charge in [-0.15, -0.1) is 0 Å². The first-order chi connectivity index (χ1) is 17.9. The summed E-state index contributed by atoms with van der Waals surface area (Å²) in [5.74, 6) is -0.446. The molecule has 198 valence electrons. The van der Waals surface area contributed by atoms with E-state index in [2.05, 4.69) is 17.2 Å². The van der Waals surface area contributed by atoms with Gasteiger partial charge in [0.1, 0.15) is 11.9 Å². The number of para-hydroxylation sites is 1. The Labute approximate surface area is 219 Å². The van der Waals surface area contributed by atoms with Crippen LogP contribution in [0.15, 0.2) is 48.7 Å². The number of carbonyl (C=O) groups is 3. The van der Waals surface area contributed by atoms with Crippen LogP contribution >= 0.6 is 0 Å². The van der Waals surface area contributed by atoms with E-state index in [1.165, 1.54) is 19.3 Å². The van der Waals surface area contributed by atoms with Gasteiger partial charge in [0.05, 0.1) is 5.92 Å². The number of amides is 4. The van der Waals surface area contributed by atoms with Gasteiger partial charge in [-0.2, -0.15) is 0 Å². The third-order valence-corrected chi connectivity index (χ3v) is 7.76. The number of hydrogen-bond donors (Lipinski definition) is 2. The van der Waals surface area contributed by atoms with Crippen LogP contribution in [0.25, 0.3) is 0 Å². The van der Waals surface area contributed by atoms with E-state index < -0.39 is 18.0 Å². The van der Waals surface area contributed by atoms with Crippen LogP contribution < -0.4 is 16.0 Å². The number of urea groups is 1. The van der Waals surface area contributed by atoms with Crippen LogP contribution in [0.1, 0.15) is 64.4 Å². The first kappa shape index (κ1) is 26.6. The summed E-state index contributed by atoms with van der Waals surface area (Å²) >= 11 is 0. The molecule has 1 aromatic carbocycles. The van der Waals surface area contributed by atoms with E-state index in [-0.39, 0.29) is 17.9 Å². The van der Waals surface area contributed by atoms with Crippen molar-refractivity contribution in [2.45, 2.75) is 77.3 Å². The average molecular weight is 506 g/mol. The molecule has 1 aromatic heterocycles. The van der Waals surface area contributed by atoms with Gasteiger partial charge in [0.2, 0.25) is 5.91 Å². The van der Waals surface area contributed by atoms with Crippen LogP contribution in [0.4, 0.5) is 16.3 Å². The summed E-state index contributed by atoms with van der Waals surface area (Å²) in [4.78, 5) is 47.7. The zero-order valence-electron chi connectivity index (χ0n) is 21.9. The highest BCUT2D eigenvalue weighted by Crippen LogP contribution is 2.34. The van der Waals surface area contributed by atoms with Crippen molar-refractivity contribution in [1.29, 1.82) is 0 Å². The molecule has 8 nitrogen and oxygen atoms in total. The zero-order chi connectivity index (χ0) is 26.4. The molecule has 4 rings (SSSR count). The minimum atomic E-state index is -0.879. The normalized spacial score (nSPS) is 20.7. The molecule has 1 saturated carbocycles. The molecule has 3 N–H and O–H groups in total. The number of likely N-dealkylation sites (N-methyl/N-ethyl adjacent to an activating group) is 1. The molecule has 0 unspecified atom stereocenters. The number of nitrogen functional groups attached to an aromatic ring is 1. The van der Waals surface area contributed by atoms with Gasteiger partial charge in [0.25, 0.3) is 5.91 Å². The fourth-order valence-corrected chi connectivity index (χ4v) is 5.87. The maximum atomic E-state index is 13.9. The summed E-state index contributed by atoms with van der Waals surface area (Å²) in [5, 5.41) is 3.16. The van der Waals surface area contributed by atoms with Gasteiger partial charge in [-0.25, -0.2) is 9.78 Å². The Morgan fingerprint density at radius 2 is 1.86 bits per heavy atom. The summed E-state index contributed by atoms with van der Waals surface area (Å²) in [6, 6.07) is 11.6. The van der Waals surface area contributed by atoms with E-state index in [0.29, 0.717) is 24.7 Å². The van der Waals surface area contributed by atoms with E-state index in [0.717, 1.165) is 41.8 Å². The molecule has 1 aliphatic carbocycles. The fraction of sp³-hybridized carbons (Fsp3) is 0.517. The number of imide groups is 1.